The molecule has 10 heteroatoms. The standard InChI is InChI=1S/C25H25N3O6S/c29-24(15-17-7-3-5-13-26-17)27-14-6-4-9-21(25(30)31)28-35(32,33)18-11-12-23-20(16-18)19-8-1-2-10-22(19)34-23/h1-3,5,7-8,10-13,16,21,28H,4,6,9,14-15H2,(H,27,29)(H,30,31). The average molecular weight is 496 g/mol. The van der Waals surface area contributed by atoms with E-state index in [1.165, 1.54) is 12.1 Å². The van der Waals surface area contributed by atoms with Crippen LogP contribution in [0, 0.1) is 0 Å². The number of nitrogens with one attached hydrogen (secondary N) is 2. The van der Waals surface area contributed by atoms with E-state index in [9.17, 15) is 23.1 Å². The Morgan fingerprint density at radius 1 is 0.971 bits per heavy atom. The Morgan fingerprint density at radius 2 is 1.74 bits per heavy atom. The zero-order valence-electron chi connectivity index (χ0n) is 18.8. The third-order valence-electron chi connectivity index (χ3n) is 5.56. The van der Waals surface area contributed by atoms with Crippen molar-refractivity contribution in [1.82, 2.24) is 15.0 Å². The van der Waals surface area contributed by atoms with Gasteiger partial charge in [-0.15, -0.1) is 0 Å². The number of amides is 1. The first-order valence-electron chi connectivity index (χ1n) is 11.2. The minimum atomic E-state index is -4.08. The van der Waals surface area contributed by atoms with E-state index in [-0.39, 0.29) is 23.6 Å². The van der Waals surface area contributed by atoms with Crippen LogP contribution in [0.4, 0.5) is 0 Å². The van der Waals surface area contributed by atoms with E-state index < -0.39 is 22.0 Å². The van der Waals surface area contributed by atoms with Crippen molar-refractivity contribution in [3.8, 4) is 0 Å². The molecule has 35 heavy (non-hydrogen) atoms. The van der Waals surface area contributed by atoms with Crippen molar-refractivity contribution in [2.45, 2.75) is 36.6 Å². The summed E-state index contributed by atoms with van der Waals surface area (Å²) >= 11 is 0. The minimum Gasteiger partial charge on any atom is -0.480 e. The SMILES string of the molecule is O=C(Cc1ccccn1)NCCCCC(NS(=O)(=O)c1ccc2oc3ccccc3c2c1)C(=O)O. The number of unbranched alkanes of at least 4 members (excludes halogenated alkanes) is 1. The number of rotatable bonds is 11. The van der Waals surface area contributed by atoms with Crippen LogP contribution in [0.2, 0.25) is 0 Å². The number of sulfonamides is 1. The highest BCUT2D eigenvalue weighted by molar-refractivity contribution is 7.89. The van der Waals surface area contributed by atoms with Gasteiger partial charge in [0.15, 0.2) is 0 Å². The van der Waals surface area contributed by atoms with Gasteiger partial charge in [-0.25, -0.2) is 8.42 Å². The Morgan fingerprint density at radius 3 is 2.51 bits per heavy atom. The third-order valence-corrected chi connectivity index (χ3v) is 7.03. The lowest BCUT2D eigenvalue weighted by atomic mass is 10.1. The monoisotopic (exact) mass is 495 g/mol. The second-order valence-corrected chi connectivity index (χ2v) is 9.83. The number of aliphatic carboxylic acids is 1. The molecular formula is C25H25N3O6S. The smallest absolute Gasteiger partial charge is 0.321 e. The Bertz CT molecular complexity index is 1450. The van der Waals surface area contributed by atoms with Gasteiger partial charge in [0.25, 0.3) is 0 Å². The Balaban J connectivity index is 1.33. The molecular weight excluding hydrogens is 470 g/mol. The first kappa shape index (κ1) is 24.4. The summed E-state index contributed by atoms with van der Waals surface area (Å²) in [7, 11) is -4.08. The molecule has 9 nitrogen and oxygen atoms in total. The molecule has 0 radical (unpaired) electrons. The van der Waals surface area contributed by atoms with Crippen molar-refractivity contribution < 1.29 is 27.5 Å². The second kappa shape index (κ2) is 10.7. The fourth-order valence-corrected chi connectivity index (χ4v) is 5.04. The van der Waals surface area contributed by atoms with Gasteiger partial charge in [0, 0.05) is 29.2 Å². The largest absolute Gasteiger partial charge is 0.480 e. The molecule has 0 aliphatic heterocycles. The number of benzene rings is 2. The highest BCUT2D eigenvalue weighted by atomic mass is 32.2. The van der Waals surface area contributed by atoms with Gasteiger partial charge in [0.05, 0.1) is 11.3 Å². The summed E-state index contributed by atoms with van der Waals surface area (Å²) < 4.78 is 33.9. The Labute approximate surface area is 202 Å². The number of nitrogens with zero attached hydrogens (tertiary/aromatic N) is 1. The molecule has 0 aliphatic rings. The summed E-state index contributed by atoms with van der Waals surface area (Å²) in [6, 6.07) is 15.8. The fraction of sp³-hybridized carbons (Fsp3) is 0.240. The number of carboxylic acids is 1. The topological polar surface area (TPSA) is 139 Å². The van der Waals surface area contributed by atoms with Gasteiger partial charge in [0.2, 0.25) is 15.9 Å². The van der Waals surface area contributed by atoms with Gasteiger partial charge in [0.1, 0.15) is 17.2 Å². The van der Waals surface area contributed by atoms with E-state index in [0.29, 0.717) is 41.6 Å². The molecule has 3 N–H and O–H groups in total. The number of hydrogen-bond donors (Lipinski definition) is 3. The van der Waals surface area contributed by atoms with E-state index in [4.69, 9.17) is 4.42 Å². The first-order valence-corrected chi connectivity index (χ1v) is 12.6. The van der Waals surface area contributed by atoms with Crippen LogP contribution in [0.25, 0.3) is 21.9 Å². The Kier molecular flexibility index (Phi) is 7.42. The van der Waals surface area contributed by atoms with Crippen LogP contribution in [0.5, 0.6) is 0 Å². The quantitative estimate of drug-likeness (QED) is 0.272. The van der Waals surface area contributed by atoms with Crippen LogP contribution in [-0.2, 0) is 26.0 Å². The minimum absolute atomic E-state index is 0.0374. The number of fused-ring (bicyclic) bond motifs is 3. The average Bonchev–Trinajstić information content (AvgIpc) is 3.21. The van der Waals surface area contributed by atoms with E-state index in [1.807, 2.05) is 18.2 Å². The van der Waals surface area contributed by atoms with Crippen molar-refractivity contribution in [3.63, 3.8) is 0 Å². The highest BCUT2D eigenvalue weighted by Gasteiger charge is 2.25. The van der Waals surface area contributed by atoms with Crippen LogP contribution in [-0.4, -0.2) is 43.0 Å². The molecule has 182 valence electrons. The Hall–Kier alpha value is -3.76. The maximum absolute atomic E-state index is 12.9. The van der Waals surface area contributed by atoms with E-state index in [2.05, 4.69) is 15.0 Å². The van der Waals surface area contributed by atoms with Crippen LogP contribution in [0.15, 0.2) is 76.2 Å². The summed E-state index contributed by atoms with van der Waals surface area (Å²) in [4.78, 5) is 27.7. The molecule has 4 aromatic rings. The zero-order chi connectivity index (χ0) is 24.8. The summed E-state index contributed by atoms with van der Waals surface area (Å²) in [6.45, 7) is 0.356. The van der Waals surface area contributed by atoms with Crippen LogP contribution >= 0.6 is 0 Å². The van der Waals surface area contributed by atoms with Gasteiger partial charge >= 0.3 is 5.97 Å². The summed E-state index contributed by atoms with van der Waals surface area (Å²) in [5, 5.41) is 13.7. The molecule has 0 fully saturated rings. The number of para-hydroxylation sites is 1. The van der Waals surface area contributed by atoms with Crippen LogP contribution < -0.4 is 10.0 Å². The molecule has 0 spiro atoms. The number of hydrogen-bond acceptors (Lipinski definition) is 6. The van der Waals surface area contributed by atoms with Crippen LogP contribution in [0.3, 0.4) is 0 Å². The second-order valence-electron chi connectivity index (χ2n) is 8.11. The van der Waals surface area contributed by atoms with E-state index in [1.54, 1.807) is 36.5 Å². The molecule has 0 saturated heterocycles. The van der Waals surface area contributed by atoms with Crippen molar-refractivity contribution in [1.29, 1.82) is 0 Å². The fourth-order valence-electron chi connectivity index (χ4n) is 3.79. The number of carbonyl (C=O) groups is 2. The number of aromatic nitrogens is 1. The molecule has 2 heterocycles. The van der Waals surface area contributed by atoms with Gasteiger partial charge in [-0.05, 0) is 55.7 Å². The lowest BCUT2D eigenvalue weighted by molar-refractivity contribution is -0.139. The molecule has 0 aliphatic carbocycles. The van der Waals surface area contributed by atoms with Crippen molar-refractivity contribution >= 4 is 43.8 Å². The lowest BCUT2D eigenvalue weighted by Gasteiger charge is -2.15. The summed E-state index contributed by atoms with van der Waals surface area (Å²) in [5.74, 6) is -1.44. The normalized spacial score (nSPS) is 12.6. The van der Waals surface area contributed by atoms with Gasteiger partial charge in [-0.2, -0.15) is 4.72 Å². The number of pyridine rings is 1. The predicted molar refractivity (Wildman–Crippen MR) is 130 cm³/mol. The molecule has 2 aromatic carbocycles. The number of furan rings is 1. The molecule has 4 rings (SSSR count). The van der Waals surface area contributed by atoms with Crippen molar-refractivity contribution in [2.24, 2.45) is 0 Å². The zero-order valence-corrected chi connectivity index (χ0v) is 19.6. The highest BCUT2D eigenvalue weighted by Crippen LogP contribution is 2.30. The van der Waals surface area contributed by atoms with E-state index in [0.717, 1.165) is 5.39 Å². The van der Waals surface area contributed by atoms with Gasteiger partial charge < -0.3 is 14.8 Å². The van der Waals surface area contributed by atoms with E-state index >= 15 is 0 Å². The lowest BCUT2D eigenvalue weighted by Crippen LogP contribution is -2.40. The van der Waals surface area contributed by atoms with Crippen molar-refractivity contribution in [2.75, 3.05) is 6.54 Å². The predicted octanol–water partition coefficient (Wildman–Crippen LogP) is 3.24. The van der Waals surface area contributed by atoms with Crippen LogP contribution in [0.1, 0.15) is 25.0 Å². The molecule has 0 bridgehead atoms. The molecule has 1 unspecified atom stereocenters. The molecule has 1 atom stereocenters. The molecule has 0 saturated carbocycles. The molecule has 1 amide bonds. The van der Waals surface area contributed by atoms with Gasteiger partial charge in [-0.3, -0.25) is 14.6 Å². The molecule has 2 aromatic heterocycles. The maximum atomic E-state index is 12.9. The van der Waals surface area contributed by atoms with Gasteiger partial charge in [-0.1, -0.05) is 24.3 Å². The summed E-state index contributed by atoms with van der Waals surface area (Å²) in [5.41, 5.74) is 1.84. The van der Waals surface area contributed by atoms with Crippen molar-refractivity contribution in [3.05, 3.63) is 72.6 Å². The number of carboxylic acid groups (broad SMARTS) is 1. The maximum Gasteiger partial charge on any atom is 0.321 e. The third kappa shape index (κ3) is 6.03. The number of carbonyl (C=O) groups excluding carboxylic acids is 1. The summed E-state index contributed by atoms with van der Waals surface area (Å²) in [6.07, 6.45) is 2.78. The first-order chi connectivity index (χ1) is 16.8.